The number of benzene rings is 1. The van der Waals surface area contributed by atoms with Gasteiger partial charge in [0.1, 0.15) is 5.82 Å². The minimum atomic E-state index is -3.16. The van der Waals surface area contributed by atoms with Crippen LogP contribution in [0.3, 0.4) is 0 Å². The molecule has 3 N–H and O–H groups in total. The van der Waals surface area contributed by atoms with E-state index < -0.39 is 10.0 Å². The smallest absolute Gasteiger partial charge is 0.262 e. The van der Waals surface area contributed by atoms with Gasteiger partial charge in [-0.2, -0.15) is 4.98 Å². The Hall–Kier alpha value is -2.44. The monoisotopic (exact) mass is 496 g/mol. The summed E-state index contributed by atoms with van der Waals surface area (Å²) in [6.45, 7) is 0.893. The standard InChI is InChI=1S/C18H21BrN6O4S/c1-30(27,28)25-7-5-11(6-8-25)21-18-20-9-12(19)17(24-18)23-14-4-2-3-13-16(14)29-10-15(26)22-13/h2-4,9,11H,5-8,10H2,1H3,(H,22,26)(H2,20,21,23,24). The van der Waals surface area contributed by atoms with E-state index in [1.807, 2.05) is 6.07 Å². The third-order valence-electron chi connectivity index (χ3n) is 4.89. The number of carbonyl (C=O) groups is 1. The number of nitrogens with one attached hydrogen (secondary N) is 3. The van der Waals surface area contributed by atoms with Crippen molar-refractivity contribution in [2.45, 2.75) is 18.9 Å². The van der Waals surface area contributed by atoms with Crippen LogP contribution in [0.15, 0.2) is 28.9 Å². The van der Waals surface area contributed by atoms with Gasteiger partial charge in [-0.1, -0.05) is 6.07 Å². The maximum atomic E-state index is 11.7. The number of carbonyl (C=O) groups excluding carboxylic acids is 1. The molecule has 0 bridgehead atoms. The Morgan fingerprint density at radius 1 is 1.30 bits per heavy atom. The second-order valence-corrected chi connectivity index (χ2v) is 9.95. The van der Waals surface area contributed by atoms with E-state index in [1.165, 1.54) is 10.6 Å². The number of nitrogens with zero attached hydrogens (tertiary/aromatic N) is 3. The Morgan fingerprint density at radius 2 is 2.07 bits per heavy atom. The van der Waals surface area contributed by atoms with E-state index in [2.05, 4.69) is 41.8 Å². The molecule has 1 aromatic heterocycles. The number of halogens is 1. The van der Waals surface area contributed by atoms with Gasteiger partial charge in [-0.05, 0) is 40.9 Å². The molecule has 12 heteroatoms. The van der Waals surface area contributed by atoms with E-state index in [-0.39, 0.29) is 18.6 Å². The van der Waals surface area contributed by atoms with Crippen LogP contribution in [0, 0.1) is 0 Å². The molecule has 1 aromatic carbocycles. The van der Waals surface area contributed by atoms with Crippen molar-refractivity contribution in [3.05, 3.63) is 28.9 Å². The number of hydrogen-bond acceptors (Lipinski definition) is 8. The first-order valence-corrected chi connectivity index (χ1v) is 12.0. The number of piperidine rings is 1. The van der Waals surface area contributed by atoms with Crippen molar-refractivity contribution in [2.24, 2.45) is 0 Å². The van der Waals surface area contributed by atoms with E-state index in [0.29, 0.717) is 59.3 Å². The predicted molar refractivity (Wildman–Crippen MR) is 117 cm³/mol. The van der Waals surface area contributed by atoms with Crippen LogP contribution in [0.5, 0.6) is 5.75 Å². The second kappa shape index (κ2) is 8.36. The molecule has 0 spiro atoms. The second-order valence-electron chi connectivity index (χ2n) is 7.11. The molecule has 4 rings (SSSR count). The van der Waals surface area contributed by atoms with Gasteiger partial charge >= 0.3 is 0 Å². The normalized spacial score (nSPS) is 17.6. The molecule has 2 aliphatic heterocycles. The molecular formula is C18H21BrN6O4S. The van der Waals surface area contributed by atoms with Crippen LogP contribution in [-0.2, 0) is 14.8 Å². The number of para-hydroxylation sites is 1. The fourth-order valence-electron chi connectivity index (χ4n) is 3.38. The van der Waals surface area contributed by atoms with Crippen LogP contribution >= 0.6 is 15.9 Å². The van der Waals surface area contributed by atoms with Gasteiger partial charge in [0.05, 0.1) is 22.1 Å². The molecule has 2 aromatic rings. The molecule has 0 radical (unpaired) electrons. The Bertz CT molecular complexity index is 1070. The number of amides is 1. The molecule has 10 nitrogen and oxygen atoms in total. The van der Waals surface area contributed by atoms with E-state index in [9.17, 15) is 13.2 Å². The van der Waals surface area contributed by atoms with Crippen molar-refractivity contribution in [1.29, 1.82) is 0 Å². The van der Waals surface area contributed by atoms with Gasteiger partial charge in [-0.15, -0.1) is 0 Å². The molecule has 1 saturated heterocycles. The molecule has 0 atom stereocenters. The van der Waals surface area contributed by atoms with Crippen LogP contribution in [0.1, 0.15) is 12.8 Å². The zero-order valence-corrected chi connectivity index (χ0v) is 18.6. The maximum Gasteiger partial charge on any atom is 0.262 e. The summed E-state index contributed by atoms with van der Waals surface area (Å²) in [5, 5.41) is 9.27. The molecule has 160 valence electrons. The molecule has 0 unspecified atom stereocenters. The Morgan fingerprint density at radius 3 is 2.80 bits per heavy atom. The summed E-state index contributed by atoms with van der Waals surface area (Å²) in [6.07, 6.45) is 4.22. The topological polar surface area (TPSA) is 126 Å². The van der Waals surface area contributed by atoms with E-state index in [1.54, 1.807) is 18.3 Å². The molecule has 30 heavy (non-hydrogen) atoms. The fourth-order valence-corrected chi connectivity index (χ4v) is 4.54. The highest BCUT2D eigenvalue weighted by Crippen LogP contribution is 2.38. The molecule has 0 aliphatic carbocycles. The minimum absolute atomic E-state index is 0.0460. The van der Waals surface area contributed by atoms with E-state index in [0.717, 1.165) is 0 Å². The van der Waals surface area contributed by atoms with Crippen molar-refractivity contribution in [2.75, 3.05) is 41.9 Å². The lowest BCUT2D eigenvalue weighted by Gasteiger charge is -2.30. The SMILES string of the molecule is CS(=O)(=O)N1CCC(Nc2ncc(Br)c(Nc3cccc4c3OCC(=O)N4)n2)CC1. The lowest BCUT2D eigenvalue weighted by atomic mass is 10.1. The van der Waals surface area contributed by atoms with Crippen LogP contribution in [0.2, 0.25) is 0 Å². The maximum absolute atomic E-state index is 11.7. The number of anilines is 4. The Kier molecular flexibility index (Phi) is 5.80. The first-order chi connectivity index (χ1) is 14.3. The van der Waals surface area contributed by atoms with Gasteiger partial charge in [0.25, 0.3) is 5.91 Å². The minimum Gasteiger partial charge on any atom is -0.479 e. The lowest BCUT2D eigenvalue weighted by Crippen LogP contribution is -2.42. The lowest BCUT2D eigenvalue weighted by molar-refractivity contribution is -0.118. The van der Waals surface area contributed by atoms with Crippen LogP contribution in [0.25, 0.3) is 0 Å². The number of ether oxygens (including phenoxy) is 1. The highest BCUT2D eigenvalue weighted by molar-refractivity contribution is 9.10. The third-order valence-corrected chi connectivity index (χ3v) is 6.77. The molecule has 2 aliphatic rings. The quantitative estimate of drug-likeness (QED) is 0.574. The number of rotatable bonds is 5. The number of hydrogen-bond donors (Lipinski definition) is 3. The summed E-state index contributed by atoms with van der Waals surface area (Å²) in [5.74, 6) is 1.33. The zero-order chi connectivity index (χ0) is 21.3. The van der Waals surface area contributed by atoms with Crippen molar-refractivity contribution >= 4 is 55.0 Å². The summed E-state index contributed by atoms with van der Waals surface area (Å²) in [6, 6.07) is 5.49. The summed E-state index contributed by atoms with van der Waals surface area (Å²) in [7, 11) is -3.16. The van der Waals surface area contributed by atoms with E-state index >= 15 is 0 Å². The van der Waals surface area contributed by atoms with Crippen molar-refractivity contribution in [1.82, 2.24) is 14.3 Å². The first kappa shape index (κ1) is 20.8. The largest absolute Gasteiger partial charge is 0.479 e. The van der Waals surface area contributed by atoms with Crippen LogP contribution in [0.4, 0.5) is 23.1 Å². The Labute approximate surface area is 182 Å². The van der Waals surface area contributed by atoms with Crippen molar-refractivity contribution < 1.29 is 17.9 Å². The van der Waals surface area contributed by atoms with Gasteiger partial charge in [0.2, 0.25) is 16.0 Å². The predicted octanol–water partition coefficient (Wildman–Crippen LogP) is 2.15. The first-order valence-electron chi connectivity index (χ1n) is 9.36. The summed E-state index contributed by atoms with van der Waals surface area (Å²) >= 11 is 3.45. The number of sulfonamides is 1. The van der Waals surface area contributed by atoms with Crippen molar-refractivity contribution in [3.8, 4) is 5.75 Å². The summed E-state index contributed by atoms with van der Waals surface area (Å²) in [5.41, 5.74) is 1.26. The third kappa shape index (κ3) is 4.65. The van der Waals surface area contributed by atoms with E-state index in [4.69, 9.17) is 4.74 Å². The summed E-state index contributed by atoms with van der Waals surface area (Å²) < 4.78 is 31.0. The van der Waals surface area contributed by atoms with Gasteiger partial charge in [-0.3, -0.25) is 4.79 Å². The summed E-state index contributed by atoms with van der Waals surface area (Å²) in [4.78, 5) is 20.4. The molecule has 3 heterocycles. The van der Waals surface area contributed by atoms with Gasteiger partial charge in [0.15, 0.2) is 12.4 Å². The number of aromatic nitrogens is 2. The highest BCUT2D eigenvalue weighted by atomic mass is 79.9. The average molecular weight is 497 g/mol. The highest BCUT2D eigenvalue weighted by Gasteiger charge is 2.25. The molecule has 0 saturated carbocycles. The van der Waals surface area contributed by atoms with Crippen molar-refractivity contribution in [3.63, 3.8) is 0 Å². The molecular weight excluding hydrogens is 476 g/mol. The number of fused-ring (bicyclic) bond motifs is 1. The molecule has 1 amide bonds. The zero-order valence-electron chi connectivity index (χ0n) is 16.2. The molecule has 1 fully saturated rings. The van der Waals surface area contributed by atoms with Gasteiger partial charge in [0, 0.05) is 25.3 Å². The van der Waals surface area contributed by atoms with Gasteiger partial charge < -0.3 is 20.7 Å². The van der Waals surface area contributed by atoms with Crippen LogP contribution < -0.4 is 20.7 Å². The Balaban J connectivity index is 1.47. The fraction of sp³-hybridized carbons (Fsp3) is 0.389. The van der Waals surface area contributed by atoms with Crippen LogP contribution in [-0.4, -0.2) is 60.6 Å². The van der Waals surface area contributed by atoms with Gasteiger partial charge in [-0.25, -0.2) is 17.7 Å². The average Bonchev–Trinajstić information content (AvgIpc) is 2.70.